The molecule has 1 aromatic heterocycles. The summed E-state index contributed by atoms with van der Waals surface area (Å²) in [7, 11) is 1.82. The Hall–Kier alpha value is -1.43. The number of carboxylic acids is 1. The maximum Gasteiger partial charge on any atom is 0.308 e. The number of aryl methyl sites for hydroxylation is 1. The number of aromatic nitrogens is 3. The minimum absolute atomic E-state index is 0.203. The molecule has 0 spiro atoms. The monoisotopic (exact) mass is 224 g/mol. The largest absolute Gasteiger partial charge is 0.481 e. The number of rotatable bonds is 3. The van der Waals surface area contributed by atoms with Crippen molar-refractivity contribution in [3.8, 4) is 0 Å². The molecule has 1 N–H and O–H groups in total. The van der Waals surface area contributed by atoms with Crippen LogP contribution < -0.4 is 0 Å². The Balaban J connectivity index is 1.96. The molecule has 0 amide bonds. The molecule has 6 heteroatoms. The Morgan fingerprint density at radius 2 is 2.38 bits per heavy atom. The summed E-state index contributed by atoms with van der Waals surface area (Å²) < 4.78 is 1.66. The van der Waals surface area contributed by atoms with Crippen molar-refractivity contribution >= 4 is 5.97 Å². The average Bonchev–Trinajstić information content (AvgIpc) is 2.73. The smallest absolute Gasteiger partial charge is 0.308 e. The third-order valence-electron chi connectivity index (χ3n) is 3.04. The second-order valence-corrected chi connectivity index (χ2v) is 4.50. The van der Waals surface area contributed by atoms with Gasteiger partial charge >= 0.3 is 5.97 Å². The van der Waals surface area contributed by atoms with Crippen molar-refractivity contribution in [1.29, 1.82) is 0 Å². The van der Waals surface area contributed by atoms with Crippen LogP contribution in [0, 0.1) is 11.8 Å². The third-order valence-corrected chi connectivity index (χ3v) is 3.04. The van der Waals surface area contributed by atoms with Gasteiger partial charge in [-0.1, -0.05) is 12.1 Å². The zero-order valence-corrected chi connectivity index (χ0v) is 9.50. The van der Waals surface area contributed by atoms with Crippen LogP contribution in [-0.2, 0) is 18.4 Å². The maximum atomic E-state index is 11.0. The number of hydrogen-bond donors (Lipinski definition) is 1. The zero-order valence-electron chi connectivity index (χ0n) is 9.50. The minimum Gasteiger partial charge on any atom is -0.481 e. The lowest BCUT2D eigenvalue weighted by Crippen LogP contribution is -2.23. The highest BCUT2D eigenvalue weighted by molar-refractivity contribution is 5.71. The summed E-state index contributed by atoms with van der Waals surface area (Å²) in [6, 6.07) is 0. The van der Waals surface area contributed by atoms with E-state index in [9.17, 15) is 4.79 Å². The Labute approximate surface area is 93.9 Å². The predicted molar refractivity (Wildman–Crippen MR) is 56.6 cm³/mol. The van der Waals surface area contributed by atoms with E-state index in [0.29, 0.717) is 13.1 Å². The van der Waals surface area contributed by atoms with Crippen LogP contribution in [-0.4, -0.2) is 44.1 Å². The van der Waals surface area contributed by atoms with E-state index in [4.69, 9.17) is 5.11 Å². The van der Waals surface area contributed by atoms with Gasteiger partial charge in [0.25, 0.3) is 0 Å². The topological polar surface area (TPSA) is 71.2 Å². The number of aliphatic carboxylic acids is 1. The molecule has 1 aliphatic heterocycles. The van der Waals surface area contributed by atoms with Gasteiger partial charge in [-0.05, 0) is 5.92 Å². The molecule has 6 nitrogen and oxygen atoms in total. The predicted octanol–water partition coefficient (Wildman–Crippen LogP) is -0.0324. The molecule has 2 atom stereocenters. The van der Waals surface area contributed by atoms with Crippen LogP contribution in [0.5, 0.6) is 0 Å². The van der Waals surface area contributed by atoms with Crippen LogP contribution in [0.15, 0.2) is 6.20 Å². The maximum absolute atomic E-state index is 11.0. The van der Waals surface area contributed by atoms with Gasteiger partial charge in [-0.25, -0.2) is 0 Å². The van der Waals surface area contributed by atoms with E-state index >= 15 is 0 Å². The molecule has 2 rings (SSSR count). The van der Waals surface area contributed by atoms with Crippen molar-refractivity contribution in [2.45, 2.75) is 13.5 Å². The molecular formula is C10H16N4O2. The van der Waals surface area contributed by atoms with E-state index in [1.54, 1.807) is 4.68 Å². The third kappa shape index (κ3) is 2.21. The Kier molecular flexibility index (Phi) is 2.91. The van der Waals surface area contributed by atoms with E-state index in [2.05, 4.69) is 15.2 Å². The number of hydrogen-bond acceptors (Lipinski definition) is 4. The summed E-state index contributed by atoms with van der Waals surface area (Å²) in [6.07, 6.45) is 1.86. The van der Waals surface area contributed by atoms with Crippen molar-refractivity contribution in [1.82, 2.24) is 19.9 Å². The molecule has 1 fully saturated rings. The van der Waals surface area contributed by atoms with Gasteiger partial charge in [0.1, 0.15) is 0 Å². The molecule has 1 aromatic rings. The highest BCUT2D eigenvalue weighted by atomic mass is 16.4. The van der Waals surface area contributed by atoms with Gasteiger partial charge in [-0.2, -0.15) is 0 Å². The highest BCUT2D eigenvalue weighted by Crippen LogP contribution is 2.24. The van der Waals surface area contributed by atoms with E-state index in [1.807, 2.05) is 20.2 Å². The van der Waals surface area contributed by atoms with Gasteiger partial charge in [0.2, 0.25) is 0 Å². The number of likely N-dealkylation sites (tertiary alicyclic amines) is 1. The van der Waals surface area contributed by atoms with Gasteiger partial charge in [0, 0.05) is 32.9 Å². The number of carboxylic acid groups (broad SMARTS) is 1. The Morgan fingerprint density at radius 1 is 1.62 bits per heavy atom. The standard InChI is InChI=1S/C10H16N4O2/c1-7-3-14(6-9(7)10(15)16)5-8-4-13(2)12-11-8/h4,7,9H,3,5-6H2,1-2H3,(H,15,16)/t7-,9-/m1/s1. The van der Waals surface area contributed by atoms with Crippen molar-refractivity contribution in [3.63, 3.8) is 0 Å². The highest BCUT2D eigenvalue weighted by Gasteiger charge is 2.34. The molecule has 0 aromatic carbocycles. The summed E-state index contributed by atoms with van der Waals surface area (Å²) in [5.74, 6) is -0.750. The number of nitrogens with zero attached hydrogens (tertiary/aromatic N) is 4. The molecule has 16 heavy (non-hydrogen) atoms. The first-order chi connectivity index (χ1) is 7.56. The Bertz CT molecular complexity index is 390. The van der Waals surface area contributed by atoms with Crippen molar-refractivity contribution in [3.05, 3.63) is 11.9 Å². The first-order valence-electron chi connectivity index (χ1n) is 5.36. The van der Waals surface area contributed by atoms with Crippen LogP contribution in [0.3, 0.4) is 0 Å². The van der Waals surface area contributed by atoms with Gasteiger partial charge in [-0.15, -0.1) is 5.10 Å². The van der Waals surface area contributed by atoms with E-state index < -0.39 is 5.97 Å². The van der Waals surface area contributed by atoms with Crippen LogP contribution in [0.1, 0.15) is 12.6 Å². The fourth-order valence-electron chi connectivity index (χ4n) is 2.21. The minimum atomic E-state index is -0.700. The van der Waals surface area contributed by atoms with Crippen molar-refractivity contribution < 1.29 is 9.90 Å². The first kappa shape index (κ1) is 11.1. The molecular weight excluding hydrogens is 208 g/mol. The van der Waals surface area contributed by atoms with E-state index in [-0.39, 0.29) is 11.8 Å². The van der Waals surface area contributed by atoms with Gasteiger partial charge < -0.3 is 5.11 Å². The molecule has 0 bridgehead atoms. The second kappa shape index (κ2) is 4.21. The van der Waals surface area contributed by atoms with Gasteiger partial charge in [0.05, 0.1) is 11.6 Å². The quantitative estimate of drug-likeness (QED) is 0.780. The summed E-state index contributed by atoms with van der Waals surface area (Å²) in [5, 5.41) is 16.9. The molecule has 1 saturated heterocycles. The lowest BCUT2D eigenvalue weighted by Gasteiger charge is -2.12. The summed E-state index contributed by atoms with van der Waals surface area (Å²) in [6.45, 7) is 4.08. The van der Waals surface area contributed by atoms with Crippen LogP contribution in [0.25, 0.3) is 0 Å². The molecule has 0 saturated carbocycles. The second-order valence-electron chi connectivity index (χ2n) is 4.50. The summed E-state index contributed by atoms with van der Waals surface area (Å²) in [5.41, 5.74) is 0.890. The van der Waals surface area contributed by atoms with Gasteiger partial charge in [-0.3, -0.25) is 14.4 Å². The lowest BCUT2D eigenvalue weighted by atomic mass is 9.99. The molecule has 0 unspecified atom stereocenters. The molecule has 1 aliphatic rings. The summed E-state index contributed by atoms with van der Waals surface area (Å²) >= 11 is 0. The molecule has 0 aliphatic carbocycles. The zero-order chi connectivity index (χ0) is 11.7. The van der Waals surface area contributed by atoms with Gasteiger partial charge in [0.15, 0.2) is 0 Å². The van der Waals surface area contributed by atoms with E-state index in [0.717, 1.165) is 12.2 Å². The molecule has 0 radical (unpaired) electrons. The Morgan fingerprint density at radius 3 is 2.88 bits per heavy atom. The van der Waals surface area contributed by atoms with Crippen LogP contribution >= 0.6 is 0 Å². The average molecular weight is 224 g/mol. The van der Waals surface area contributed by atoms with Crippen LogP contribution in [0.2, 0.25) is 0 Å². The molecule has 2 heterocycles. The normalized spacial score (nSPS) is 26.1. The fourth-order valence-corrected chi connectivity index (χ4v) is 2.21. The fraction of sp³-hybridized carbons (Fsp3) is 0.700. The number of carbonyl (C=O) groups is 1. The summed E-state index contributed by atoms with van der Waals surface area (Å²) in [4.78, 5) is 13.1. The lowest BCUT2D eigenvalue weighted by molar-refractivity contribution is -0.142. The first-order valence-corrected chi connectivity index (χ1v) is 5.36. The molecule has 88 valence electrons. The van der Waals surface area contributed by atoms with Crippen molar-refractivity contribution in [2.24, 2.45) is 18.9 Å². The van der Waals surface area contributed by atoms with Crippen LogP contribution in [0.4, 0.5) is 0 Å². The van der Waals surface area contributed by atoms with E-state index in [1.165, 1.54) is 0 Å². The van der Waals surface area contributed by atoms with Crippen molar-refractivity contribution in [2.75, 3.05) is 13.1 Å². The SMILES string of the molecule is C[C@@H]1CN(Cc2cn(C)nn2)C[C@H]1C(=O)O.